The molecule has 1 aliphatic carbocycles. The minimum atomic E-state index is -4.15. The highest BCUT2D eigenvalue weighted by atomic mass is 19.4. The summed E-state index contributed by atoms with van der Waals surface area (Å²) in [5.74, 6) is -1.36. The summed E-state index contributed by atoms with van der Waals surface area (Å²) < 4.78 is 37.5. The summed E-state index contributed by atoms with van der Waals surface area (Å²) in [5.41, 5.74) is 3.86. The normalized spacial score (nSPS) is 19.2. The molecular formula is C15H16F3N. The lowest BCUT2D eigenvalue weighted by atomic mass is 9.99. The van der Waals surface area contributed by atoms with E-state index in [1.165, 1.54) is 12.2 Å². The molecule has 1 aromatic carbocycles. The molecule has 1 aliphatic rings. The molecule has 0 aromatic heterocycles. The molecule has 0 saturated carbocycles. The number of benzene rings is 1. The summed E-state index contributed by atoms with van der Waals surface area (Å²) >= 11 is 0. The Hall–Kier alpha value is -1.71. The van der Waals surface area contributed by atoms with Crippen LogP contribution in [-0.2, 0) is 0 Å². The Bertz CT molecular complexity index is 506. The van der Waals surface area contributed by atoms with Crippen molar-refractivity contribution >= 4 is 5.69 Å². The number of allylic oxidation sites excluding steroid dienone is 3. The Kier molecular flexibility index (Phi) is 3.69. The first-order valence-corrected chi connectivity index (χ1v) is 6.15. The van der Waals surface area contributed by atoms with Gasteiger partial charge in [-0.15, -0.1) is 0 Å². The Labute approximate surface area is 110 Å². The molecule has 0 heterocycles. The van der Waals surface area contributed by atoms with Crippen LogP contribution in [-0.4, -0.2) is 6.18 Å². The molecule has 0 aliphatic heterocycles. The van der Waals surface area contributed by atoms with Crippen molar-refractivity contribution in [2.75, 3.05) is 5.32 Å². The van der Waals surface area contributed by atoms with Gasteiger partial charge < -0.3 is 5.32 Å². The first-order valence-electron chi connectivity index (χ1n) is 6.15. The molecule has 19 heavy (non-hydrogen) atoms. The predicted octanol–water partition coefficient (Wildman–Crippen LogP) is 4.74. The molecule has 0 spiro atoms. The van der Waals surface area contributed by atoms with E-state index in [4.69, 9.17) is 0 Å². The molecule has 102 valence electrons. The zero-order chi connectivity index (χ0) is 14.0. The van der Waals surface area contributed by atoms with Crippen molar-refractivity contribution < 1.29 is 13.2 Å². The van der Waals surface area contributed by atoms with Crippen LogP contribution in [0.1, 0.15) is 17.5 Å². The maximum absolute atomic E-state index is 12.5. The van der Waals surface area contributed by atoms with E-state index in [0.29, 0.717) is 5.70 Å². The summed E-state index contributed by atoms with van der Waals surface area (Å²) in [6, 6.07) is 5.99. The predicted molar refractivity (Wildman–Crippen MR) is 70.9 cm³/mol. The number of anilines is 1. The third kappa shape index (κ3) is 3.63. The van der Waals surface area contributed by atoms with E-state index in [1.54, 1.807) is 6.08 Å². The van der Waals surface area contributed by atoms with Crippen LogP contribution in [0.3, 0.4) is 0 Å². The van der Waals surface area contributed by atoms with Gasteiger partial charge in [0.05, 0.1) is 5.92 Å². The fourth-order valence-electron chi connectivity index (χ4n) is 2.17. The van der Waals surface area contributed by atoms with Crippen molar-refractivity contribution in [3.05, 3.63) is 53.3 Å². The van der Waals surface area contributed by atoms with Crippen molar-refractivity contribution in [1.82, 2.24) is 0 Å². The van der Waals surface area contributed by atoms with Crippen molar-refractivity contribution in [3.8, 4) is 0 Å². The molecule has 0 saturated heterocycles. The fourth-order valence-corrected chi connectivity index (χ4v) is 2.17. The van der Waals surface area contributed by atoms with Crippen LogP contribution in [0, 0.1) is 19.8 Å². The van der Waals surface area contributed by atoms with Gasteiger partial charge in [0.1, 0.15) is 0 Å². The molecule has 4 heteroatoms. The number of hydrogen-bond acceptors (Lipinski definition) is 1. The van der Waals surface area contributed by atoms with Crippen LogP contribution >= 0.6 is 0 Å². The monoisotopic (exact) mass is 267 g/mol. The number of hydrogen-bond donors (Lipinski definition) is 1. The Morgan fingerprint density at radius 2 is 1.74 bits per heavy atom. The zero-order valence-electron chi connectivity index (χ0n) is 10.9. The van der Waals surface area contributed by atoms with Crippen LogP contribution in [0.25, 0.3) is 0 Å². The van der Waals surface area contributed by atoms with Gasteiger partial charge in [0.2, 0.25) is 0 Å². The number of alkyl halides is 3. The summed E-state index contributed by atoms with van der Waals surface area (Å²) in [6.45, 7) is 3.98. The number of rotatable bonds is 2. The van der Waals surface area contributed by atoms with Gasteiger partial charge in [-0.2, -0.15) is 13.2 Å². The quantitative estimate of drug-likeness (QED) is 0.816. The molecule has 0 amide bonds. The standard InChI is InChI=1S/C15H16F3N/c1-10-7-11(2)9-14(8-10)19-13-5-3-12(4-6-13)15(16,17)18/h3,5-9,12,19H,4H2,1-2H3. The number of aryl methyl sites for hydroxylation is 2. The van der Waals surface area contributed by atoms with Gasteiger partial charge in [0.15, 0.2) is 0 Å². The average Bonchev–Trinajstić information content (AvgIpc) is 2.26. The molecule has 2 rings (SSSR count). The molecule has 1 aromatic rings. The lowest BCUT2D eigenvalue weighted by molar-refractivity contribution is -0.160. The highest BCUT2D eigenvalue weighted by Gasteiger charge is 2.37. The second-order valence-electron chi connectivity index (χ2n) is 4.90. The zero-order valence-corrected chi connectivity index (χ0v) is 10.9. The fraction of sp³-hybridized carbons (Fsp3) is 0.333. The van der Waals surface area contributed by atoms with Crippen LogP contribution in [0.15, 0.2) is 42.1 Å². The second-order valence-corrected chi connectivity index (χ2v) is 4.90. The van der Waals surface area contributed by atoms with E-state index >= 15 is 0 Å². The van der Waals surface area contributed by atoms with Gasteiger partial charge in [0, 0.05) is 11.4 Å². The minimum Gasteiger partial charge on any atom is -0.356 e. The van der Waals surface area contributed by atoms with Gasteiger partial charge in [-0.3, -0.25) is 0 Å². The molecule has 0 bridgehead atoms. The highest BCUT2D eigenvalue weighted by Crippen LogP contribution is 2.33. The molecule has 0 radical (unpaired) electrons. The van der Waals surface area contributed by atoms with Crippen molar-refractivity contribution in [2.24, 2.45) is 5.92 Å². The topological polar surface area (TPSA) is 12.0 Å². The lowest BCUT2D eigenvalue weighted by Crippen LogP contribution is -2.22. The van der Waals surface area contributed by atoms with E-state index in [2.05, 4.69) is 11.4 Å². The van der Waals surface area contributed by atoms with E-state index in [9.17, 15) is 13.2 Å². The molecule has 1 unspecified atom stereocenters. The summed E-state index contributed by atoms with van der Waals surface area (Å²) in [4.78, 5) is 0. The van der Waals surface area contributed by atoms with Crippen LogP contribution < -0.4 is 5.32 Å². The summed E-state index contributed by atoms with van der Waals surface area (Å²) in [7, 11) is 0. The third-order valence-electron chi connectivity index (χ3n) is 3.03. The highest BCUT2D eigenvalue weighted by molar-refractivity contribution is 5.54. The van der Waals surface area contributed by atoms with Gasteiger partial charge in [-0.05, 0) is 49.6 Å². The van der Waals surface area contributed by atoms with Crippen LogP contribution in [0.4, 0.5) is 18.9 Å². The molecule has 1 N–H and O–H groups in total. The van der Waals surface area contributed by atoms with E-state index in [-0.39, 0.29) is 6.42 Å². The molecule has 1 nitrogen and oxygen atoms in total. The number of halogens is 3. The Morgan fingerprint density at radius 3 is 2.21 bits per heavy atom. The van der Waals surface area contributed by atoms with Crippen LogP contribution in [0.2, 0.25) is 0 Å². The maximum Gasteiger partial charge on any atom is 0.395 e. The first-order chi connectivity index (χ1) is 8.84. The Morgan fingerprint density at radius 1 is 1.11 bits per heavy atom. The maximum atomic E-state index is 12.5. The minimum absolute atomic E-state index is 0.00681. The largest absolute Gasteiger partial charge is 0.395 e. The van der Waals surface area contributed by atoms with Crippen molar-refractivity contribution in [2.45, 2.75) is 26.4 Å². The van der Waals surface area contributed by atoms with Crippen molar-refractivity contribution in [1.29, 1.82) is 0 Å². The van der Waals surface area contributed by atoms with Crippen LogP contribution in [0.5, 0.6) is 0 Å². The first kappa shape index (κ1) is 13.7. The molecule has 1 atom stereocenters. The third-order valence-corrected chi connectivity index (χ3v) is 3.03. The van der Waals surface area contributed by atoms with Gasteiger partial charge in [0.25, 0.3) is 0 Å². The van der Waals surface area contributed by atoms with E-state index in [0.717, 1.165) is 16.8 Å². The lowest BCUT2D eigenvalue weighted by Gasteiger charge is -2.20. The number of nitrogens with one attached hydrogen (secondary N) is 1. The second kappa shape index (κ2) is 5.11. The van der Waals surface area contributed by atoms with E-state index in [1.807, 2.05) is 26.0 Å². The van der Waals surface area contributed by atoms with Gasteiger partial charge >= 0.3 is 6.18 Å². The molecular weight excluding hydrogens is 251 g/mol. The van der Waals surface area contributed by atoms with Gasteiger partial charge in [-0.1, -0.05) is 18.2 Å². The van der Waals surface area contributed by atoms with Crippen molar-refractivity contribution in [3.63, 3.8) is 0 Å². The average molecular weight is 267 g/mol. The summed E-state index contributed by atoms with van der Waals surface area (Å²) in [5, 5.41) is 3.14. The van der Waals surface area contributed by atoms with Gasteiger partial charge in [-0.25, -0.2) is 0 Å². The smallest absolute Gasteiger partial charge is 0.356 e. The van der Waals surface area contributed by atoms with E-state index < -0.39 is 12.1 Å². The molecule has 0 fully saturated rings. The Balaban J connectivity index is 2.06. The summed E-state index contributed by atoms with van der Waals surface area (Å²) in [6.07, 6.45) is 0.145. The SMILES string of the molecule is Cc1cc(C)cc(NC2=CCC(C(F)(F)F)C=C2)c1.